The third-order valence-corrected chi connectivity index (χ3v) is 4.51. The number of hydrogen-bond acceptors (Lipinski definition) is 2. The van der Waals surface area contributed by atoms with Crippen LogP contribution in [0.3, 0.4) is 0 Å². The molecule has 1 aromatic carbocycles. The molecular weight excluding hydrogens is 389 g/mol. The fourth-order valence-corrected chi connectivity index (χ4v) is 3.37. The number of carbonyl (C=O) groups is 1. The van der Waals surface area contributed by atoms with Gasteiger partial charge in [-0.3, -0.25) is 4.79 Å². The number of hydrogen-bond donors (Lipinski definition) is 1. The Hall–Kier alpha value is -0.820. The molecule has 1 saturated heterocycles. The van der Waals surface area contributed by atoms with Gasteiger partial charge in [0.1, 0.15) is 5.82 Å². The number of rotatable bonds is 3. The molecule has 0 saturated carbocycles. The van der Waals surface area contributed by atoms with E-state index in [9.17, 15) is 4.79 Å². The number of aromatic nitrogens is 2. The Labute approximate surface area is 136 Å². The summed E-state index contributed by atoms with van der Waals surface area (Å²) in [5.41, 5.74) is 2.14. The number of amides is 1. The molecule has 20 heavy (non-hydrogen) atoms. The Kier molecular flexibility index (Phi) is 4.16. The Balaban J connectivity index is 2.06. The lowest BCUT2D eigenvalue weighted by Crippen LogP contribution is -2.36. The van der Waals surface area contributed by atoms with Gasteiger partial charge in [0.25, 0.3) is 0 Å². The first-order chi connectivity index (χ1) is 9.69. The lowest BCUT2D eigenvalue weighted by Gasteiger charge is -2.26. The molecule has 1 N–H and O–H groups in total. The summed E-state index contributed by atoms with van der Waals surface area (Å²) < 4.78 is 3.43. The van der Waals surface area contributed by atoms with E-state index >= 15 is 0 Å². The topological polar surface area (TPSA) is 46.9 Å². The number of fused-ring (bicyclic) bond motifs is 1. The van der Waals surface area contributed by atoms with Gasteiger partial charge in [0.2, 0.25) is 5.91 Å². The first-order valence-electron chi connectivity index (χ1n) is 6.68. The predicted molar refractivity (Wildman–Crippen MR) is 88.2 cm³/mol. The first kappa shape index (κ1) is 14.1. The molecule has 0 bridgehead atoms. The van der Waals surface area contributed by atoms with E-state index in [0.717, 1.165) is 29.7 Å². The Morgan fingerprint density at radius 2 is 2.35 bits per heavy atom. The smallest absolute Gasteiger partial charge is 0.220 e. The highest BCUT2D eigenvalue weighted by atomic mass is 127. The fourth-order valence-electron chi connectivity index (χ4n) is 2.73. The summed E-state index contributed by atoms with van der Waals surface area (Å²) in [5, 5.41) is 2.94. The van der Waals surface area contributed by atoms with Crippen molar-refractivity contribution in [2.24, 2.45) is 0 Å². The van der Waals surface area contributed by atoms with Gasteiger partial charge in [0.05, 0.1) is 17.1 Å². The van der Waals surface area contributed by atoms with E-state index in [0.29, 0.717) is 18.8 Å². The van der Waals surface area contributed by atoms with Crippen molar-refractivity contribution in [2.45, 2.75) is 25.3 Å². The minimum atomic E-state index is 0.138. The van der Waals surface area contributed by atoms with E-state index in [1.165, 1.54) is 3.57 Å². The molecule has 1 atom stereocenters. The molecule has 1 aliphatic rings. The summed E-state index contributed by atoms with van der Waals surface area (Å²) in [5.74, 6) is 1.71. The summed E-state index contributed by atoms with van der Waals surface area (Å²) in [4.78, 5) is 16.1. The molecule has 1 aliphatic heterocycles. The largest absolute Gasteiger partial charge is 0.354 e. The van der Waals surface area contributed by atoms with E-state index in [1.54, 1.807) is 0 Å². The van der Waals surface area contributed by atoms with Crippen molar-refractivity contribution in [2.75, 3.05) is 12.4 Å². The highest BCUT2D eigenvalue weighted by Crippen LogP contribution is 2.27. The Morgan fingerprint density at radius 1 is 1.50 bits per heavy atom. The third-order valence-electron chi connectivity index (χ3n) is 3.65. The van der Waals surface area contributed by atoms with Crippen LogP contribution in [0.2, 0.25) is 0 Å². The second-order valence-corrected chi connectivity index (χ2v) is 6.59. The van der Waals surface area contributed by atoms with Crippen LogP contribution in [-0.2, 0) is 11.2 Å². The van der Waals surface area contributed by atoms with E-state index in [4.69, 9.17) is 16.6 Å². The minimum absolute atomic E-state index is 0.138. The molecule has 3 rings (SSSR count). The maximum absolute atomic E-state index is 11.3. The van der Waals surface area contributed by atoms with E-state index in [-0.39, 0.29) is 11.9 Å². The summed E-state index contributed by atoms with van der Waals surface area (Å²) in [6, 6.07) is 6.56. The Bertz CT molecular complexity index is 645. The molecule has 4 nitrogen and oxygen atoms in total. The van der Waals surface area contributed by atoms with Gasteiger partial charge in [0.15, 0.2) is 0 Å². The van der Waals surface area contributed by atoms with Gasteiger partial charge >= 0.3 is 0 Å². The average molecular weight is 404 g/mol. The summed E-state index contributed by atoms with van der Waals surface area (Å²) >= 11 is 8.20. The van der Waals surface area contributed by atoms with Crippen LogP contribution in [-0.4, -0.2) is 27.9 Å². The number of carbonyl (C=O) groups excluding carboxylic acids is 1. The normalized spacial score (nSPS) is 19.3. The van der Waals surface area contributed by atoms with E-state index in [1.807, 2.05) is 0 Å². The van der Waals surface area contributed by atoms with Crippen molar-refractivity contribution >= 4 is 51.1 Å². The molecule has 1 aromatic heterocycles. The molecular formula is C14H15ClIN3O. The van der Waals surface area contributed by atoms with Crippen molar-refractivity contribution in [1.29, 1.82) is 0 Å². The molecule has 2 aromatic rings. The standard InChI is InChI=1S/C14H15ClIN3O/c15-6-5-13-18-11-7-9(16)1-3-12(11)19(13)10-2-4-14(20)17-8-10/h1,3,7,10H,2,4-6,8H2,(H,17,20). The quantitative estimate of drug-likeness (QED) is 0.633. The molecule has 2 heterocycles. The second kappa shape index (κ2) is 5.89. The zero-order chi connectivity index (χ0) is 14.1. The molecule has 0 spiro atoms. The van der Waals surface area contributed by atoms with Crippen molar-refractivity contribution in [1.82, 2.24) is 14.9 Å². The number of benzene rings is 1. The average Bonchev–Trinajstić information content (AvgIpc) is 2.77. The van der Waals surface area contributed by atoms with Crippen LogP contribution in [0.5, 0.6) is 0 Å². The molecule has 106 valence electrons. The lowest BCUT2D eigenvalue weighted by atomic mass is 10.1. The monoisotopic (exact) mass is 403 g/mol. The van der Waals surface area contributed by atoms with Gasteiger partial charge in [-0.15, -0.1) is 11.6 Å². The van der Waals surface area contributed by atoms with Gasteiger partial charge in [-0.2, -0.15) is 0 Å². The number of halogens is 2. The maximum atomic E-state index is 11.3. The number of aryl methyl sites for hydroxylation is 1. The number of nitrogens with zero attached hydrogens (tertiary/aromatic N) is 2. The van der Waals surface area contributed by atoms with Gasteiger partial charge < -0.3 is 9.88 Å². The number of imidazole rings is 1. The van der Waals surface area contributed by atoms with Crippen molar-refractivity contribution in [3.05, 3.63) is 27.6 Å². The van der Waals surface area contributed by atoms with Crippen LogP contribution < -0.4 is 5.32 Å². The van der Waals surface area contributed by atoms with E-state index in [2.05, 4.69) is 50.7 Å². The number of nitrogens with one attached hydrogen (secondary N) is 1. The molecule has 0 aliphatic carbocycles. The zero-order valence-electron chi connectivity index (χ0n) is 10.9. The van der Waals surface area contributed by atoms with Crippen molar-refractivity contribution in [3.8, 4) is 0 Å². The zero-order valence-corrected chi connectivity index (χ0v) is 13.8. The number of alkyl halides is 1. The second-order valence-electron chi connectivity index (χ2n) is 4.97. The maximum Gasteiger partial charge on any atom is 0.220 e. The third kappa shape index (κ3) is 2.65. The highest BCUT2D eigenvalue weighted by molar-refractivity contribution is 14.1. The summed E-state index contributed by atoms with van der Waals surface area (Å²) in [7, 11) is 0. The molecule has 1 amide bonds. The molecule has 0 radical (unpaired) electrons. The van der Waals surface area contributed by atoms with Crippen LogP contribution in [0.4, 0.5) is 0 Å². The molecule has 1 unspecified atom stereocenters. The fraction of sp³-hybridized carbons (Fsp3) is 0.429. The van der Waals surface area contributed by atoms with Gasteiger partial charge in [-0.05, 0) is 47.2 Å². The molecule has 1 fully saturated rings. The first-order valence-corrected chi connectivity index (χ1v) is 8.29. The predicted octanol–water partition coefficient (Wildman–Crippen LogP) is 2.87. The SMILES string of the molecule is O=C1CCC(n2c(CCCl)nc3cc(I)ccc32)CN1. The van der Waals surface area contributed by atoms with Crippen LogP contribution in [0.25, 0.3) is 11.0 Å². The number of piperidine rings is 1. The van der Waals surface area contributed by atoms with Crippen LogP contribution in [0, 0.1) is 3.57 Å². The summed E-state index contributed by atoms with van der Waals surface area (Å²) in [6.07, 6.45) is 2.19. The van der Waals surface area contributed by atoms with E-state index < -0.39 is 0 Å². The van der Waals surface area contributed by atoms with Gasteiger partial charge in [0, 0.05) is 28.8 Å². The molecule has 6 heteroatoms. The van der Waals surface area contributed by atoms with Crippen molar-refractivity contribution in [3.63, 3.8) is 0 Å². The lowest BCUT2D eigenvalue weighted by molar-refractivity contribution is -0.122. The summed E-state index contributed by atoms with van der Waals surface area (Å²) in [6.45, 7) is 0.672. The Morgan fingerprint density at radius 3 is 3.05 bits per heavy atom. The van der Waals surface area contributed by atoms with Crippen LogP contribution in [0.15, 0.2) is 18.2 Å². The van der Waals surface area contributed by atoms with Gasteiger partial charge in [-0.25, -0.2) is 4.98 Å². The minimum Gasteiger partial charge on any atom is -0.354 e. The van der Waals surface area contributed by atoms with Gasteiger partial charge in [-0.1, -0.05) is 0 Å². The highest BCUT2D eigenvalue weighted by Gasteiger charge is 2.23. The van der Waals surface area contributed by atoms with Crippen LogP contribution in [0.1, 0.15) is 24.7 Å². The van der Waals surface area contributed by atoms with Crippen LogP contribution >= 0.6 is 34.2 Å². The van der Waals surface area contributed by atoms with Crippen molar-refractivity contribution < 1.29 is 4.79 Å².